The summed E-state index contributed by atoms with van der Waals surface area (Å²) in [5, 5.41) is 29.5. The Kier molecular flexibility index (Phi) is 8.06. The number of rotatable bonds is 7. The number of benzene rings is 5. The van der Waals surface area contributed by atoms with Crippen LogP contribution in [0.5, 0.6) is 11.5 Å². The second-order valence-electron chi connectivity index (χ2n) is 9.31. The molecule has 1 N–H and O–H groups in total. The molecule has 0 atom stereocenters. The number of phenols is 1. The first kappa shape index (κ1) is 26.8. The van der Waals surface area contributed by atoms with Gasteiger partial charge in [-0.3, -0.25) is 0 Å². The molecule has 0 unspecified atom stereocenters. The number of nitrogens with zero attached hydrogens (tertiary/aromatic N) is 2. The molecule has 0 spiro atoms. The Morgan fingerprint density at radius 2 is 0.829 bits per heavy atom. The molecule has 0 saturated carbocycles. The fourth-order valence-corrected chi connectivity index (χ4v) is 4.90. The van der Waals surface area contributed by atoms with Crippen LogP contribution in [0.4, 0.5) is 0 Å². The predicted octanol–water partition coefficient (Wildman–Crippen LogP) is 8.26. The Bertz CT molecular complexity index is 1770. The van der Waals surface area contributed by atoms with Crippen LogP contribution < -0.4 is 4.74 Å². The van der Waals surface area contributed by atoms with Crippen molar-refractivity contribution in [3.63, 3.8) is 0 Å². The van der Waals surface area contributed by atoms with Gasteiger partial charge in [0.05, 0.1) is 7.11 Å². The lowest BCUT2D eigenvalue weighted by Crippen LogP contribution is -1.99. The van der Waals surface area contributed by atoms with Crippen molar-refractivity contribution in [1.82, 2.24) is 0 Å². The maximum Gasteiger partial charge on any atom is 0.138 e. The Labute approximate surface area is 240 Å². The number of methoxy groups -OCH3 is 1. The molecule has 41 heavy (non-hydrogen) atoms. The lowest BCUT2D eigenvalue weighted by atomic mass is 9.85. The maximum atomic E-state index is 10.0. The summed E-state index contributed by atoms with van der Waals surface area (Å²) in [7, 11) is 1.64. The molecule has 0 aromatic heterocycles. The van der Waals surface area contributed by atoms with E-state index in [1.165, 1.54) is 0 Å². The van der Waals surface area contributed by atoms with Gasteiger partial charge in [0.2, 0.25) is 0 Å². The van der Waals surface area contributed by atoms with E-state index in [2.05, 4.69) is 24.3 Å². The molecule has 5 aromatic carbocycles. The van der Waals surface area contributed by atoms with Gasteiger partial charge in [-0.25, -0.2) is 0 Å². The second-order valence-corrected chi connectivity index (χ2v) is 9.31. The van der Waals surface area contributed by atoms with Gasteiger partial charge in [0, 0.05) is 5.57 Å². The molecule has 0 aliphatic carbocycles. The highest BCUT2D eigenvalue weighted by atomic mass is 16.5. The minimum atomic E-state index is 0.0609. The van der Waals surface area contributed by atoms with Crippen molar-refractivity contribution in [2.24, 2.45) is 0 Å². The van der Waals surface area contributed by atoms with Crippen LogP contribution in [0, 0.1) is 22.7 Å². The van der Waals surface area contributed by atoms with Gasteiger partial charge in [0.25, 0.3) is 0 Å². The fourth-order valence-electron chi connectivity index (χ4n) is 4.90. The Morgan fingerprint density at radius 3 is 1.24 bits per heavy atom. The highest BCUT2D eigenvalue weighted by molar-refractivity contribution is 6.04. The quantitative estimate of drug-likeness (QED) is 0.170. The summed E-state index contributed by atoms with van der Waals surface area (Å²) in [6.45, 7) is 0. The summed E-state index contributed by atoms with van der Waals surface area (Å²) in [4.78, 5) is 0. The lowest BCUT2D eigenvalue weighted by Gasteiger charge is -2.19. The largest absolute Gasteiger partial charge is 0.508 e. The van der Waals surface area contributed by atoms with Crippen LogP contribution in [-0.4, -0.2) is 12.2 Å². The average Bonchev–Trinajstić information content (AvgIpc) is 3.04. The van der Waals surface area contributed by atoms with E-state index in [-0.39, 0.29) is 11.3 Å². The van der Waals surface area contributed by atoms with Crippen molar-refractivity contribution in [3.05, 3.63) is 172 Å². The number of allylic oxidation sites excluding steroid dienone is 1. The third kappa shape index (κ3) is 5.78. The third-order valence-electron chi connectivity index (χ3n) is 6.85. The van der Waals surface area contributed by atoms with Crippen molar-refractivity contribution in [2.75, 3.05) is 7.11 Å². The molecule has 0 radical (unpaired) electrons. The summed E-state index contributed by atoms with van der Waals surface area (Å²) in [6.07, 6.45) is 0. The fraction of sp³-hybridized carbons (Fsp3) is 0.0270. The van der Waals surface area contributed by atoms with Gasteiger partial charge in [-0.15, -0.1) is 0 Å². The Balaban J connectivity index is 1.76. The maximum absolute atomic E-state index is 10.0. The van der Waals surface area contributed by atoms with Gasteiger partial charge in [-0.2, -0.15) is 10.5 Å². The van der Waals surface area contributed by atoms with E-state index in [1.807, 2.05) is 109 Å². The first-order valence-electron chi connectivity index (χ1n) is 13.1. The van der Waals surface area contributed by atoms with Gasteiger partial charge in [0.1, 0.15) is 29.2 Å². The van der Waals surface area contributed by atoms with Crippen molar-refractivity contribution in [2.45, 2.75) is 0 Å². The minimum Gasteiger partial charge on any atom is -0.508 e. The first-order chi connectivity index (χ1) is 20.1. The molecule has 0 aliphatic heterocycles. The van der Waals surface area contributed by atoms with E-state index < -0.39 is 0 Å². The molecule has 4 heteroatoms. The van der Waals surface area contributed by atoms with Crippen LogP contribution in [0.3, 0.4) is 0 Å². The normalized spacial score (nSPS) is 11.0. The summed E-state index contributed by atoms with van der Waals surface area (Å²) in [5.41, 5.74) is 8.14. The molecule has 0 fully saturated rings. The monoisotopic (exact) mass is 530 g/mol. The van der Waals surface area contributed by atoms with E-state index in [1.54, 1.807) is 19.2 Å². The Hall–Kier alpha value is -5.84. The highest BCUT2D eigenvalue weighted by Gasteiger charge is 2.18. The molecule has 0 aliphatic rings. The smallest absolute Gasteiger partial charge is 0.138 e. The topological polar surface area (TPSA) is 77.0 Å². The van der Waals surface area contributed by atoms with Crippen molar-refractivity contribution in [1.29, 1.82) is 10.5 Å². The molecule has 0 saturated heterocycles. The number of hydrogen-bond donors (Lipinski definition) is 1. The lowest BCUT2D eigenvalue weighted by molar-refractivity contribution is 0.415. The van der Waals surface area contributed by atoms with Gasteiger partial charge in [0.15, 0.2) is 0 Å². The van der Waals surface area contributed by atoms with Crippen molar-refractivity contribution >= 4 is 16.7 Å². The SMILES string of the molecule is COc1ccc(C(=C(c2ccccc2)c2ccc(C(=C(C#N)C#N)c3ccccc3)cc2)c2ccc(O)cc2)cc1. The highest BCUT2D eigenvalue weighted by Crippen LogP contribution is 2.38. The molecular weight excluding hydrogens is 504 g/mol. The number of nitriles is 2. The van der Waals surface area contributed by atoms with Crippen LogP contribution in [0.1, 0.15) is 33.4 Å². The van der Waals surface area contributed by atoms with Gasteiger partial charge in [-0.05, 0) is 68.8 Å². The number of aromatic hydroxyl groups is 1. The average molecular weight is 531 g/mol. The third-order valence-corrected chi connectivity index (χ3v) is 6.85. The van der Waals surface area contributed by atoms with Gasteiger partial charge < -0.3 is 9.84 Å². The predicted molar refractivity (Wildman–Crippen MR) is 163 cm³/mol. The summed E-state index contributed by atoms with van der Waals surface area (Å²) in [5.74, 6) is 0.954. The first-order valence-corrected chi connectivity index (χ1v) is 13.1. The molecule has 196 valence electrons. The van der Waals surface area contributed by atoms with Crippen LogP contribution in [-0.2, 0) is 0 Å². The van der Waals surface area contributed by atoms with Gasteiger partial charge >= 0.3 is 0 Å². The van der Waals surface area contributed by atoms with E-state index >= 15 is 0 Å². The Morgan fingerprint density at radius 1 is 0.488 bits per heavy atom. The molecular formula is C37H26N2O2. The molecule has 4 nitrogen and oxygen atoms in total. The summed E-state index contributed by atoms with van der Waals surface area (Å²) < 4.78 is 5.41. The van der Waals surface area contributed by atoms with E-state index in [0.717, 1.165) is 50.3 Å². The molecule has 0 heterocycles. The number of phenolic OH excluding ortho intramolecular Hbond substituents is 1. The van der Waals surface area contributed by atoms with Gasteiger partial charge in [-0.1, -0.05) is 109 Å². The molecule has 5 rings (SSSR count). The van der Waals surface area contributed by atoms with Crippen LogP contribution in [0.25, 0.3) is 16.7 Å². The zero-order valence-electron chi connectivity index (χ0n) is 22.5. The zero-order chi connectivity index (χ0) is 28.6. The second kappa shape index (κ2) is 12.3. The minimum absolute atomic E-state index is 0.0609. The van der Waals surface area contributed by atoms with Crippen LogP contribution in [0.15, 0.2) is 139 Å². The molecule has 5 aromatic rings. The zero-order valence-corrected chi connectivity index (χ0v) is 22.5. The summed E-state index contributed by atoms with van der Waals surface area (Å²) in [6, 6.07) is 46.9. The van der Waals surface area contributed by atoms with Crippen LogP contribution in [0.2, 0.25) is 0 Å². The number of hydrogen-bond acceptors (Lipinski definition) is 4. The van der Waals surface area contributed by atoms with E-state index in [0.29, 0.717) is 5.57 Å². The van der Waals surface area contributed by atoms with E-state index in [4.69, 9.17) is 4.74 Å². The van der Waals surface area contributed by atoms with Crippen molar-refractivity contribution < 1.29 is 9.84 Å². The van der Waals surface area contributed by atoms with Crippen molar-refractivity contribution in [3.8, 4) is 23.6 Å². The van der Waals surface area contributed by atoms with E-state index in [9.17, 15) is 15.6 Å². The number of ether oxygens (including phenoxy) is 1. The molecule has 0 bridgehead atoms. The standard InChI is InChI=1S/C37H26N2O2/c1-41-34-22-18-31(19-23-34)37(30-16-20-33(40)21-17-30)36(27-10-6-3-7-11-27)29-14-12-28(13-15-29)35(32(24-38)25-39)26-8-4-2-5-9-26/h2-23,40H,1H3. The summed E-state index contributed by atoms with van der Waals surface area (Å²) >= 11 is 0. The molecule has 0 amide bonds. The van der Waals surface area contributed by atoms with Crippen LogP contribution >= 0.6 is 0 Å².